The third kappa shape index (κ3) is 2.78. The van der Waals surface area contributed by atoms with Crippen molar-refractivity contribution in [2.24, 2.45) is 0 Å². The van der Waals surface area contributed by atoms with E-state index in [-0.39, 0.29) is 5.97 Å². The molecule has 3 aromatic rings. The maximum absolute atomic E-state index is 11.2. The number of hydrogen-bond acceptors (Lipinski definition) is 6. The Labute approximate surface area is 131 Å². The van der Waals surface area contributed by atoms with Gasteiger partial charge in [0, 0.05) is 17.4 Å². The van der Waals surface area contributed by atoms with E-state index in [1.54, 1.807) is 11.3 Å². The van der Waals surface area contributed by atoms with Crippen LogP contribution in [0.2, 0.25) is 0 Å². The molecular weight excluding hydrogens is 298 g/mol. The zero-order valence-corrected chi connectivity index (χ0v) is 12.9. The molecule has 0 fully saturated rings. The molecule has 112 valence electrons. The first kappa shape index (κ1) is 14.5. The normalized spacial score (nSPS) is 10.8. The highest BCUT2D eigenvalue weighted by atomic mass is 32.1. The number of carbonyl (C=O) groups is 1. The van der Waals surface area contributed by atoms with Crippen LogP contribution in [0, 0.1) is 0 Å². The van der Waals surface area contributed by atoms with Gasteiger partial charge < -0.3 is 10.5 Å². The lowest BCUT2D eigenvalue weighted by Crippen LogP contribution is -2.01. The first-order chi connectivity index (χ1) is 10.7. The summed E-state index contributed by atoms with van der Waals surface area (Å²) in [5.74, 6) is 0.316. The van der Waals surface area contributed by atoms with E-state index in [1.165, 1.54) is 13.4 Å². The van der Waals surface area contributed by atoms with Gasteiger partial charge in [0.05, 0.1) is 17.3 Å². The number of methoxy groups -OCH3 is 1. The fourth-order valence-electron chi connectivity index (χ4n) is 2.27. The smallest absolute Gasteiger partial charge is 0.305 e. The number of carbonyl (C=O) groups excluding carboxylic acids is 1. The van der Waals surface area contributed by atoms with Crippen molar-refractivity contribution in [2.45, 2.75) is 12.8 Å². The minimum Gasteiger partial charge on any atom is -0.469 e. The van der Waals surface area contributed by atoms with Gasteiger partial charge in [0.1, 0.15) is 12.1 Å². The van der Waals surface area contributed by atoms with Crippen LogP contribution in [-0.2, 0) is 16.0 Å². The standard InChI is InChI=1S/C16H15N3O2S/c1-21-13(20)7-4-10-2-5-11(6-3-10)12-8-22-15-14(12)18-9-19-16(15)17/h2-3,5-6,8-9H,4,7H2,1H3,(H2,17,18,19). The second-order valence-corrected chi connectivity index (χ2v) is 5.74. The zero-order valence-electron chi connectivity index (χ0n) is 12.1. The van der Waals surface area contributed by atoms with Crippen LogP contribution < -0.4 is 5.73 Å². The van der Waals surface area contributed by atoms with Crippen LogP contribution in [0.4, 0.5) is 5.82 Å². The van der Waals surface area contributed by atoms with E-state index in [1.807, 2.05) is 29.6 Å². The highest BCUT2D eigenvalue weighted by Crippen LogP contribution is 2.34. The number of nitrogens with two attached hydrogens (primary N) is 1. The third-order valence-corrected chi connectivity index (χ3v) is 4.48. The number of anilines is 1. The Balaban J connectivity index is 1.85. The van der Waals surface area contributed by atoms with E-state index in [0.29, 0.717) is 18.7 Å². The van der Waals surface area contributed by atoms with Gasteiger partial charge in [-0.05, 0) is 17.5 Å². The lowest BCUT2D eigenvalue weighted by molar-refractivity contribution is -0.140. The second kappa shape index (κ2) is 6.11. The number of esters is 1. The maximum Gasteiger partial charge on any atom is 0.305 e. The molecule has 0 unspecified atom stereocenters. The van der Waals surface area contributed by atoms with Crippen LogP contribution in [0.5, 0.6) is 0 Å². The molecule has 0 saturated heterocycles. The summed E-state index contributed by atoms with van der Waals surface area (Å²) in [4.78, 5) is 19.5. The molecule has 0 saturated carbocycles. The average molecular weight is 313 g/mol. The summed E-state index contributed by atoms with van der Waals surface area (Å²) < 4.78 is 5.56. The molecule has 0 amide bonds. The van der Waals surface area contributed by atoms with E-state index in [4.69, 9.17) is 5.73 Å². The molecule has 0 aliphatic heterocycles. The van der Waals surface area contributed by atoms with Gasteiger partial charge in [-0.3, -0.25) is 4.79 Å². The molecule has 1 aromatic carbocycles. The number of rotatable bonds is 4. The van der Waals surface area contributed by atoms with Crippen LogP contribution in [0.15, 0.2) is 36.0 Å². The number of nitrogens with zero attached hydrogens (tertiary/aromatic N) is 2. The van der Waals surface area contributed by atoms with Gasteiger partial charge in [0.25, 0.3) is 0 Å². The van der Waals surface area contributed by atoms with Crippen molar-refractivity contribution in [1.82, 2.24) is 9.97 Å². The molecule has 2 N–H and O–H groups in total. The summed E-state index contributed by atoms with van der Waals surface area (Å²) in [6.45, 7) is 0. The fourth-order valence-corrected chi connectivity index (χ4v) is 3.20. The van der Waals surface area contributed by atoms with Crippen molar-refractivity contribution < 1.29 is 9.53 Å². The highest BCUT2D eigenvalue weighted by Gasteiger charge is 2.10. The van der Waals surface area contributed by atoms with Crippen LogP contribution in [0.25, 0.3) is 21.3 Å². The molecule has 5 nitrogen and oxygen atoms in total. The van der Waals surface area contributed by atoms with Gasteiger partial charge in [-0.2, -0.15) is 0 Å². The fraction of sp³-hybridized carbons (Fsp3) is 0.188. The van der Waals surface area contributed by atoms with Crippen LogP contribution in [0.1, 0.15) is 12.0 Å². The van der Waals surface area contributed by atoms with Gasteiger partial charge in [0.15, 0.2) is 0 Å². The van der Waals surface area contributed by atoms with Gasteiger partial charge in [0.2, 0.25) is 0 Å². The largest absolute Gasteiger partial charge is 0.469 e. The number of hydrogen-bond donors (Lipinski definition) is 1. The van der Waals surface area contributed by atoms with E-state index < -0.39 is 0 Å². The van der Waals surface area contributed by atoms with Crippen LogP contribution in [-0.4, -0.2) is 23.0 Å². The monoisotopic (exact) mass is 313 g/mol. The highest BCUT2D eigenvalue weighted by molar-refractivity contribution is 7.18. The first-order valence-corrected chi connectivity index (χ1v) is 7.71. The molecule has 0 atom stereocenters. The Hall–Kier alpha value is -2.47. The van der Waals surface area contributed by atoms with Gasteiger partial charge >= 0.3 is 5.97 Å². The summed E-state index contributed by atoms with van der Waals surface area (Å²) in [6, 6.07) is 8.11. The van der Waals surface area contributed by atoms with Crippen LogP contribution >= 0.6 is 11.3 Å². The van der Waals surface area contributed by atoms with Crippen molar-refractivity contribution in [3.63, 3.8) is 0 Å². The number of aryl methyl sites for hydroxylation is 1. The number of aromatic nitrogens is 2. The maximum atomic E-state index is 11.2. The Morgan fingerprint density at radius 3 is 2.77 bits per heavy atom. The third-order valence-electron chi connectivity index (χ3n) is 3.49. The first-order valence-electron chi connectivity index (χ1n) is 6.83. The molecule has 3 rings (SSSR count). The van der Waals surface area contributed by atoms with E-state index in [0.717, 1.165) is 26.9 Å². The molecule has 22 heavy (non-hydrogen) atoms. The zero-order chi connectivity index (χ0) is 15.5. The minimum absolute atomic E-state index is 0.194. The lowest BCUT2D eigenvalue weighted by Gasteiger charge is -2.03. The topological polar surface area (TPSA) is 78.1 Å². The summed E-state index contributed by atoms with van der Waals surface area (Å²) in [5, 5.41) is 2.04. The predicted octanol–water partition coefficient (Wildman–Crippen LogP) is 3.05. The Kier molecular flexibility index (Phi) is 4.02. The van der Waals surface area contributed by atoms with Crippen molar-refractivity contribution >= 4 is 33.3 Å². The predicted molar refractivity (Wildman–Crippen MR) is 87.6 cm³/mol. The van der Waals surface area contributed by atoms with E-state index in [9.17, 15) is 4.79 Å². The number of fused-ring (bicyclic) bond motifs is 1. The number of ether oxygens (including phenoxy) is 1. The summed E-state index contributed by atoms with van der Waals surface area (Å²) in [5.41, 5.74) is 9.97. The molecule has 2 heterocycles. The SMILES string of the molecule is COC(=O)CCc1ccc(-c2csc3c(N)ncnc23)cc1. The van der Waals surface area contributed by atoms with Gasteiger partial charge in [-0.25, -0.2) is 9.97 Å². The number of thiophene rings is 1. The molecule has 0 bridgehead atoms. The molecule has 0 aliphatic carbocycles. The summed E-state index contributed by atoms with van der Waals surface area (Å²) >= 11 is 1.55. The van der Waals surface area contributed by atoms with Gasteiger partial charge in [-0.1, -0.05) is 24.3 Å². The Morgan fingerprint density at radius 2 is 2.05 bits per heavy atom. The average Bonchev–Trinajstić information content (AvgIpc) is 2.98. The molecule has 2 aromatic heterocycles. The van der Waals surface area contributed by atoms with Crippen molar-refractivity contribution in [3.8, 4) is 11.1 Å². The lowest BCUT2D eigenvalue weighted by atomic mass is 10.0. The minimum atomic E-state index is -0.194. The Morgan fingerprint density at radius 1 is 1.27 bits per heavy atom. The molecule has 0 spiro atoms. The van der Waals surface area contributed by atoms with Crippen molar-refractivity contribution in [3.05, 3.63) is 41.5 Å². The second-order valence-electron chi connectivity index (χ2n) is 4.86. The molecular formula is C16H15N3O2S. The number of nitrogen functional groups attached to an aromatic ring is 1. The van der Waals surface area contributed by atoms with Crippen molar-refractivity contribution in [1.29, 1.82) is 0 Å². The van der Waals surface area contributed by atoms with Crippen LogP contribution in [0.3, 0.4) is 0 Å². The van der Waals surface area contributed by atoms with Crippen molar-refractivity contribution in [2.75, 3.05) is 12.8 Å². The van der Waals surface area contributed by atoms with E-state index in [2.05, 4.69) is 14.7 Å². The summed E-state index contributed by atoms with van der Waals surface area (Å²) in [7, 11) is 1.40. The number of benzene rings is 1. The molecule has 0 radical (unpaired) electrons. The summed E-state index contributed by atoms with van der Waals surface area (Å²) in [6.07, 6.45) is 2.55. The molecule has 0 aliphatic rings. The quantitative estimate of drug-likeness (QED) is 0.749. The Bertz CT molecular complexity index is 812. The van der Waals surface area contributed by atoms with E-state index >= 15 is 0 Å². The van der Waals surface area contributed by atoms with Gasteiger partial charge in [-0.15, -0.1) is 11.3 Å². The molecule has 6 heteroatoms.